The van der Waals surface area contributed by atoms with Gasteiger partial charge in [-0.2, -0.15) is 4.31 Å². The number of sulfonamides is 1. The summed E-state index contributed by atoms with van der Waals surface area (Å²) in [7, 11) is -3.50. The molecule has 0 unspecified atom stereocenters. The van der Waals surface area contributed by atoms with E-state index in [9.17, 15) is 8.42 Å². The Balaban J connectivity index is 2.31. The first-order valence-corrected chi connectivity index (χ1v) is 8.21. The summed E-state index contributed by atoms with van der Waals surface area (Å²) in [4.78, 5) is 0.157. The van der Waals surface area contributed by atoms with Crippen molar-refractivity contribution >= 4 is 37.6 Å². The maximum atomic E-state index is 12.4. The van der Waals surface area contributed by atoms with Gasteiger partial charge >= 0.3 is 0 Å². The second kappa shape index (κ2) is 5.46. The fourth-order valence-electron chi connectivity index (χ4n) is 2.03. The lowest BCUT2D eigenvalue weighted by molar-refractivity contribution is 0.459. The Morgan fingerprint density at radius 3 is 2.78 bits per heavy atom. The number of benzene rings is 1. The Morgan fingerprint density at radius 2 is 2.22 bits per heavy atom. The van der Waals surface area contributed by atoms with E-state index in [0.717, 1.165) is 10.9 Å². The van der Waals surface area contributed by atoms with Crippen LogP contribution in [0.15, 0.2) is 27.6 Å². The highest BCUT2D eigenvalue weighted by Crippen LogP contribution is 2.30. The normalized spacial score (nSPS) is 21.4. The molecule has 0 radical (unpaired) electrons. The number of hydrogen-bond donors (Lipinski definition) is 1. The zero-order chi connectivity index (χ0) is 13.3. The molecular formula is C11H14BrClN2O2S. The van der Waals surface area contributed by atoms with Gasteiger partial charge < -0.3 is 5.73 Å². The average Bonchev–Trinajstić information content (AvgIpc) is 2.77. The molecule has 0 aromatic heterocycles. The van der Waals surface area contributed by atoms with Crippen LogP contribution in [0.3, 0.4) is 0 Å². The number of rotatable bonds is 3. The molecule has 1 aliphatic heterocycles. The van der Waals surface area contributed by atoms with Crippen LogP contribution in [0.25, 0.3) is 0 Å². The molecule has 1 fully saturated rings. The summed E-state index contributed by atoms with van der Waals surface area (Å²) in [6.07, 6.45) is 0.809. The van der Waals surface area contributed by atoms with Gasteiger partial charge in [-0.25, -0.2) is 8.42 Å². The van der Waals surface area contributed by atoms with Crippen molar-refractivity contribution < 1.29 is 8.42 Å². The maximum Gasteiger partial charge on any atom is 0.244 e. The second-order valence-corrected chi connectivity index (χ2v) is 7.56. The monoisotopic (exact) mass is 352 g/mol. The van der Waals surface area contributed by atoms with E-state index in [2.05, 4.69) is 15.9 Å². The lowest BCUT2D eigenvalue weighted by atomic mass is 10.1. The van der Waals surface area contributed by atoms with Crippen molar-refractivity contribution in [2.75, 3.05) is 19.6 Å². The molecule has 2 N–H and O–H groups in total. The Kier molecular flexibility index (Phi) is 4.33. The molecular weight excluding hydrogens is 340 g/mol. The highest BCUT2D eigenvalue weighted by Gasteiger charge is 2.33. The molecule has 0 aliphatic carbocycles. The minimum Gasteiger partial charge on any atom is -0.330 e. The van der Waals surface area contributed by atoms with Gasteiger partial charge in [0.15, 0.2) is 0 Å². The van der Waals surface area contributed by atoms with Crippen molar-refractivity contribution in [3.05, 3.63) is 27.7 Å². The Hall–Kier alpha value is -0.140. The first kappa shape index (κ1) is 14.3. The van der Waals surface area contributed by atoms with Gasteiger partial charge in [0.25, 0.3) is 0 Å². The molecule has 2 rings (SSSR count). The van der Waals surface area contributed by atoms with Gasteiger partial charge in [-0.3, -0.25) is 0 Å². The lowest BCUT2D eigenvalue weighted by Gasteiger charge is -2.17. The van der Waals surface area contributed by atoms with Crippen molar-refractivity contribution in [2.24, 2.45) is 11.7 Å². The third-order valence-corrected chi connectivity index (χ3v) is 5.93. The third-order valence-electron chi connectivity index (χ3n) is 3.09. The molecule has 1 heterocycles. The molecule has 4 nitrogen and oxygen atoms in total. The van der Waals surface area contributed by atoms with Crippen LogP contribution in [-0.2, 0) is 10.0 Å². The molecule has 1 saturated heterocycles. The maximum absolute atomic E-state index is 12.4. The Labute approximate surface area is 120 Å². The largest absolute Gasteiger partial charge is 0.330 e. The highest BCUT2D eigenvalue weighted by molar-refractivity contribution is 9.10. The molecule has 100 valence electrons. The summed E-state index contributed by atoms with van der Waals surface area (Å²) >= 11 is 9.26. The Bertz CT molecular complexity index is 550. The summed E-state index contributed by atoms with van der Waals surface area (Å²) in [6.45, 7) is 1.50. The first-order valence-electron chi connectivity index (χ1n) is 5.60. The van der Waals surface area contributed by atoms with Crippen LogP contribution in [0.1, 0.15) is 6.42 Å². The highest BCUT2D eigenvalue weighted by atomic mass is 79.9. The van der Waals surface area contributed by atoms with Crippen molar-refractivity contribution in [3.8, 4) is 0 Å². The molecule has 1 atom stereocenters. The molecule has 0 spiro atoms. The minimum atomic E-state index is -3.50. The molecule has 1 aliphatic rings. The summed E-state index contributed by atoms with van der Waals surface area (Å²) in [5.74, 6) is 0.244. The van der Waals surface area contributed by atoms with Crippen LogP contribution < -0.4 is 5.73 Å². The van der Waals surface area contributed by atoms with Crippen LogP contribution in [0, 0.1) is 5.92 Å². The summed E-state index contributed by atoms with van der Waals surface area (Å²) in [5, 5.41) is 0.237. The van der Waals surface area contributed by atoms with Crippen molar-refractivity contribution in [3.63, 3.8) is 0 Å². The first-order chi connectivity index (χ1) is 8.45. The van der Waals surface area contributed by atoms with Crippen LogP contribution >= 0.6 is 27.5 Å². The predicted octanol–water partition coefficient (Wildman–Crippen LogP) is 2.07. The number of nitrogens with two attached hydrogens (primary N) is 1. The van der Waals surface area contributed by atoms with Crippen molar-refractivity contribution in [1.29, 1.82) is 0 Å². The number of hydrogen-bond acceptors (Lipinski definition) is 3. The van der Waals surface area contributed by atoms with Gasteiger partial charge in [0, 0.05) is 17.6 Å². The standard InChI is InChI=1S/C11H14BrClN2O2S/c12-9-1-2-11(10(13)5-9)18(16,17)15-4-3-8(6-14)7-15/h1-2,5,8H,3-4,6-7,14H2/t8-/m0/s1. The smallest absolute Gasteiger partial charge is 0.244 e. The summed E-state index contributed by atoms with van der Waals surface area (Å²) < 4.78 is 27.0. The molecule has 1 aromatic carbocycles. The van der Waals surface area contributed by atoms with E-state index < -0.39 is 10.0 Å². The van der Waals surface area contributed by atoms with Crippen molar-refractivity contribution in [2.45, 2.75) is 11.3 Å². The van der Waals surface area contributed by atoms with Crippen LogP contribution in [0.5, 0.6) is 0 Å². The van der Waals surface area contributed by atoms with Gasteiger partial charge in [0.05, 0.1) is 5.02 Å². The van der Waals surface area contributed by atoms with E-state index in [-0.39, 0.29) is 15.8 Å². The molecule has 7 heteroatoms. The van der Waals surface area contributed by atoms with Gasteiger partial charge in [-0.15, -0.1) is 0 Å². The number of nitrogens with zero attached hydrogens (tertiary/aromatic N) is 1. The van der Waals surface area contributed by atoms with Gasteiger partial charge in [-0.05, 0) is 37.1 Å². The second-order valence-electron chi connectivity index (χ2n) is 4.33. The predicted molar refractivity (Wildman–Crippen MR) is 75.1 cm³/mol. The van der Waals surface area contributed by atoms with Gasteiger partial charge in [0.1, 0.15) is 4.90 Å². The minimum absolute atomic E-state index is 0.157. The van der Waals surface area contributed by atoms with E-state index >= 15 is 0 Å². The quantitative estimate of drug-likeness (QED) is 0.905. The SMILES string of the molecule is NC[C@@H]1CCN(S(=O)(=O)c2ccc(Br)cc2Cl)C1. The van der Waals surface area contributed by atoms with Crippen molar-refractivity contribution in [1.82, 2.24) is 4.31 Å². The molecule has 18 heavy (non-hydrogen) atoms. The number of halogens is 2. The fourth-order valence-corrected chi connectivity index (χ4v) is 4.57. The molecule has 0 saturated carbocycles. The molecule has 0 bridgehead atoms. The van der Waals surface area contributed by atoms with Gasteiger partial charge in [-0.1, -0.05) is 27.5 Å². The van der Waals surface area contributed by atoms with E-state index in [4.69, 9.17) is 17.3 Å². The van der Waals surface area contributed by atoms with Crippen LogP contribution in [0.2, 0.25) is 5.02 Å². The molecule has 0 amide bonds. The van der Waals surface area contributed by atoms with Crippen LogP contribution in [0.4, 0.5) is 0 Å². The zero-order valence-corrected chi connectivity index (χ0v) is 12.8. The summed E-state index contributed by atoms with van der Waals surface area (Å²) in [5.41, 5.74) is 5.57. The fraction of sp³-hybridized carbons (Fsp3) is 0.455. The van der Waals surface area contributed by atoms with Gasteiger partial charge in [0.2, 0.25) is 10.0 Å². The van der Waals surface area contributed by atoms with E-state index in [1.807, 2.05) is 0 Å². The van der Waals surface area contributed by atoms with E-state index in [1.54, 1.807) is 12.1 Å². The van der Waals surface area contributed by atoms with E-state index in [1.165, 1.54) is 10.4 Å². The third kappa shape index (κ3) is 2.72. The summed E-state index contributed by atoms with van der Waals surface area (Å²) in [6, 6.07) is 4.79. The lowest BCUT2D eigenvalue weighted by Crippen LogP contribution is -2.30. The van der Waals surface area contributed by atoms with Crippen LogP contribution in [-0.4, -0.2) is 32.4 Å². The molecule has 1 aromatic rings. The zero-order valence-electron chi connectivity index (χ0n) is 9.64. The Morgan fingerprint density at radius 1 is 1.50 bits per heavy atom. The average molecular weight is 354 g/mol. The van der Waals surface area contributed by atoms with E-state index in [0.29, 0.717) is 19.6 Å². The topological polar surface area (TPSA) is 63.4 Å².